The number of hydrogen-bond acceptors (Lipinski definition) is 2. The molecule has 0 fully saturated rings. The van der Waals surface area contributed by atoms with Crippen molar-refractivity contribution in [2.24, 2.45) is 5.41 Å². The molecule has 2 nitrogen and oxygen atoms in total. The summed E-state index contributed by atoms with van der Waals surface area (Å²) in [7, 11) is 4.00. The lowest BCUT2D eigenvalue weighted by Crippen LogP contribution is -2.37. The van der Waals surface area contributed by atoms with Crippen molar-refractivity contribution in [1.82, 2.24) is 4.90 Å². The van der Waals surface area contributed by atoms with E-state index in [4.69, 9.17) is 23.2 Å². The molecule has 0 N–H and O–H groups in total. The highest BCUT2D eigenvalue weighted by Crippen LogP contribution is 2.28. The quantitative estimate of drug-likeness (QED) is 0.595. The number of hydrogen-bond donors (Lipinski definition) is 0. The van der Waals surface area contributed by atoms with Crippen LogP contribution in [0.3, 0.4) is 0 Å². The van der Waals surface area contributed by atoms with Gasteiger partial charge in [0.1, 0.15) is 0 Å². The first-order chi connectivity index (χ1) is 10.3. The van der Waals surface area contributed by atoms with E-state index in [1.54, 1.807) is 18.2 Å². The number of allylic oxidation sites excluding steroid dienone is 1. The van der Waals surface area contributed by atoms with Gasteiger partial charge < -0.3 is 4.90 Å². The van der Waals surface area contributed by atoms with E-state index in [0.29, 0.717) is 10.0 Å². The standard InChI is InChI=1S/C18H25Cl2NO/c1-5-6-11-18(2,13-21(3)4)17(22)10-8-14-7-9-15(19)16(20)12-14/h7-10,12H,5-6,11,13H2,1-4H3. The monoisotopic (exact) mass is 341 g/mol. The van der Waals surface area contributed by atoms with Gasteiger partial charge in [-0.05, 0) is 44.3 Å². The number of ketones is 1. The van der Waals surface area contributed by atoms with Crippen molar-refractivity contribution in [3.63, 3.8) is 0 Å². The molecule has 1 aromatic carbocycles. The van der Waals surface area contributed by atoms with Gasteiger partial charge in [-0.2, -0.15) is 0 Å². The maximum absolute atomic E-state index is 12.7. The van der Waals surface area contributed by atoms with Crippen LogP contribution in [0, 0.1) is 5.41 Å². The molecule has 0 saturated carbocycles. The molecular formula is C18H25Cl2NO. The smallest absolute Gasteiger partial charge is 0.162 e. The van der Waals surface area contributed by atoms with Gasteiger partial charge in [-0.1, -0.05) is 62.0 Å². The number of benzene rings is 1. The van der Waals surface area contributed by atoms with E-state index < -0.39 is 0 Å². The van der Waals surface area contributed by atoms with Gasteiger partial charge in [0.25, 0.3) is 0 Å². The van der Waals surface area contributed by atoms with Gasteiger partial charge in [0.15, 0.2) is 5.78 Å². The lowest BCUT2D eigenvalue weighted by Gasteiger charge is -2.30. The molecule has 1 rings (SSSR count). The van der Waals surface area contributed by atoms with Gasteiger partial charge in [-0.3, -0.25) is 4.79 Å². The third kappa shape index (κ3) is 5.75. The summed E-state index contributed by atoms with van der Waals surface area (Å²) in [6, 6.07) is 5.36. The lowest BCUT2D eigenvalue weighted by atomic mass is 9.80. The molecule has 1 atom stereocenters. The Bertz CT molecular complexity index is 540. The number of carbonyl (C=O) groups excluding carboxylic acids is 1. The van der Waals surface area contributed by atoms with E-state index in [9.17, 15) is 4.79 Å². The van der Waals surface area contributed by atoms with Gasteiger partial charge >= 0.3 is 0 Å². The summed E-state index contributed by atoms with van der Waals surface area (Å²) in [6.07, 6.45) is 6.51. The van der Waals surface area contributed by atoms with Gasteiger partial charge in [-0.15, -0.1) is 0 Å². The summed E-state index contributed by atoms with van der Waals surface area (Å²) < 4.78 is 0. The van der Waals surface area contributed by atoms with E-state index in [-0.39, 0.29) is 11.2 Å². The third-order valence-electron chi connectivity index (χ3n) is 3.71. The Labute approximate surface area is 144 Å². The Morgan fingerprint density at radius 2 is 1.95 bits per heavy atom. The summed E-state index contributed by atoms with van der Waals surface area (Å²) in [6.45, 7) is 4.94. The van der Waals surface area contributed by atoms with Crippen LogP contribution in [0.1, 0.15) is 38.7 Å². The molecule has 0 saturated heterocycles. The molecular weight excluding hydrogens is 317 g/mol. The first kappa shape index (κ1) is 19.2. The fourth-order valence-electron chi connectivity index (χ4n) is 2.53. The fraction of sp³-hybridized carbons (Fsp3) is 0.500. The predicted molar refractivity (Wildman–Crippen MR) is 96.7 cm³/mol. The Morgan fingerprint density at radius 1 is 1.27 bits per heavy atom. The summed E-state index contributed by atoms with van der Waals surface area (Å²) in [5.41, 5.74) is 0.525. The summed E-state index contributed by atoms with van der Waals surface area (Å²) >= 11 is 11.9. The van der Waals surface area contributed by atoms with Crippen molar-refractivity contribution < 1.29 is 4.79 Å². The molecule has 0 aromatic heterocycles. The number of nitrogens with zero attached hydrogens (tertiary/aromatic N) is 1. The lowest BCUT2D eigenvalue weighted by molar-refractivity contribution is -0.124. The zero-order chi connectivity index (χ0) is 16.8. The van der Waals surface area contributed by atoms with Crippen LogP contribution in [0.4, 0.5) is 0 Å². The molecule has 4 heteroatoms. The van der Waals surface area contributed by atoms with Crippen LogP contribution in [0.25, 0.3) is 6.08 Å². The summed E-state index contributed by atoms with van der Waals surface area (Å²) in [5, 5.41) is 1.02. The van der Waals surface area contributed by atoms with Crippen molar-refractivity contribution in [2.45, 2.75) is 33.1 Å². The Balaban J connectivity index is 2.89. The summed E-state index contributed by atoms with van der Waals surface area (Å²) in [4.78, 5) is 14.7. The van der Waals surface area contributed by atoms with Gasteiger partial charge in [0.2, 0.25) is 0 Å². The zero-order valence-electron chi connectivity index (χ0n) is 13.8. The van der Waals surface area contributed by atoms with Crippen LogP contribution < -0.4 is 0 Å². The molecule has 122 valence electrons. The Kier molecular flexibility index (Phi) is 7.61. The third-order valence-corrected chi connectivity index (χ3v) is 4.45. The molecule has 0 amide bonds. The Morgan fingerprint density at radius 3 is 2.50 bits per heavy atom. The molecule has 1 unspecified atom stereocenters. The molecule has 22 heavy (non-hydrogen) atoms. The molecule has 0 aliphatic heterocycles. The van der Waals surface area contributed by atoms with E-state index in [1.807, 2.05) is 33.2 Å². The van der Waals surface area contributed by atoms with Crippen molar-refractivity contribution in [2.75, 3.05) is 20.6 Å². The SMILES string of the molecule is CCCCC(C)(CN(C)C)C(=O)C=Cc1ccc(Cl)c(Cl)c1. The highest BCUT2D eigenvalue weighted by molar-refractivity contribution is 6.42. The zero-order valence-corrected chi connectivity index (χ0v) is 15.3. The number of unbranched alkanes of at least 4 members (excludes halogenated alkanes) is 1. The summed E-state index contributed by atoms with van der Waals surface area (Å²) in [5.74, 6) is 0.153. The minimum Gasteiger partial charge on any atom is -0.308 e. The topological polar surface area (TPSA) is 20.3 Å². The molecule has 1 aromatic rings. The molecule has 0 aliphatic carbocycles. The normalized spacial score (nSPS) is 14.5. The average molecular weight is 342 g/mol. The minimum absolute atomic E-state index is 0.153. The second-order valence-corrected chi connectivity index (χ2v) is 7.09. The molecule has 0 heterocycles. The number of carbonyl (C=O) groups is 1. The maximum atomic E-state index is 12.7. The van der Waals surface area contributed by atoms with E-state index in [1.165, 1.54) is 0 Å². The Hall–Kier alpha value is -0.830. The maximum Gasteiger partial charge on any atom is 0.162 e. The number of rotatable bonds is 8. The molecule has 0 aliphatic rings. The van der Waals surface area contributed by atoms with E-state index in [0.717, 1.165) is 31.4 Å². The van der Waals surface area contributed by atoms with Crippen molar-refractivity contribution in [3.8, 4) is 0 Å². The van der Waals surface area contributed by atoms with Gasteiger partial charge in [-0.25, -0.2) is 0 Å². The highest BCUT2D eigenvalue weighted by atomic mass is 35.5. The minimum atomic E-state index is -0.355. The second kappa shape index (κ2) is 8.71. The van der Waals surface area contributed by atoms with Crippen molar-refractivity contribution in [3.05, 3.63) is 39.9 Å². The van der Waals surface area contributed by atoms with Gasteiger partial charge in [0, 0.05) is 12.0 Å². The number of halogens is 2. The second-order valence-electron chi connectivity index (χ2n) is 6.27. The van der Waals surface area contributed by atoms with Gasteiger partial charge in [0.05, 0.1) is 10.0 Å². The van der Waals surface area contributed by atoms with Crippen LogP contribution in [0.5, 0.6) is 0 Å². The largest absolute Gasteiger partial charge is 0.308 e. The van der Waals surface area contributed by atoms with Crippen molar-refractivity contribution in [1.29, 1.82) is 0 Å². The first-order valence-corrected chi connectivity index (χ1v) is 8.36. The van der Waals surface area contributed by atoms with Crippen LogP contribution >= 0.6 is 23.2 Å². The van der Waals surface area contributed by atoms with Crippen molar-refractivity contribution >= 4 is 35.1 Å². The van der Waals surface area contributed by atoms with E-state index >= 15 is 0 Å². The highest BCUT2D eigenvalue weighted by Gasteiger charge is 2.31. The molecule has 0 spiro atoms. The molecule has 0 radical (unpaired) electrons. The van der Waals surface area contributed by atoms with Crippen LogP contribution in [-0.4, -0.2) is 31.3 Å². The van der Waals surface area contributed by atoms with E-state index in [2.05, 4.69) is 11.8 Å². The first-order valence-electron chi connectivity index (χ1n) is 7.61. The van der Waals surface area contributed by atoms with Crippen LogP contribution in [0.2, 0.25) is 10.0 Å². The predicted octanol–water partition coefficient (Wildman–Crippen LogP) is 5.33. The molecule has 0 bridgehead atoms. The van der Waals surface area contributed by atoms with Crippen LogP contribution in [0.15, 0.2) is 24.3 Å². The fourth-order valence-corrected chi connectivity index (χ4v) is 2.84. The van der Waals surface area contributed by atoms with Crippen LogP contribution in [-0.2, 0) is 4.79 Å². The average Bonchev–Trinajstić information content (AvgIpc) is 2.45.